The van der Waals surface area contributed by atoms with E-state index in [2.05, 4.69) is 32.9 Å². The van der Waals surface area contributed by atoms with E-state index < -0.39 is 0 Å². The molecule has 0 N–H and O–H groups in total. The van der Waals surface area contributed by atoms with Gasteiger partial charge in [-0.05, 0) is 0 Å². The molecular weight excluding hydrogens is 181 g/mol. The Balaban J connectivity index is 3.31. The predicted molar refractivity (Wildman–Crippen MR) is 50.2 cm³/mol. The molecule has 0 radical (unpaired) electrons. The van der Waals surface area contributed by atoms with E-state index in [1.165, 1.54) is 16.7 Å². The third-order valence-corrected chi connectivity index (χ3v) is 5.38. The van der Waals surface area contributed by atoms with Crippen molar-refractivity contribution in [3.8, 4) is 0 Å². The Hall–Kier alpha value is -0.237. The van der Waals surface area contributed by atoms with Gasteiger partial charge in [0.25, 0.3) is 0 Å². The van der Waals surface area contributed by atoms with Gasteiger partial charge in [0.15, 0.2) is 0 Å². The van der Waals surface area contributed by atoms with Crippen LogP contribution in [0.4, 0.5) is 0 Å². The van der Waals surface area contributed by atoms with Crippen molar-refractivity contribution >= 4 is 20.9 Å². The molecule has 0 aliphatic rings. The van der Waals surface area contributed by atoms with Crippen LogP contribution in [0.5, 0.6) is 0 Å². The second-order valence-electron chi connectivity index (χ2n) is 3.02. The van der Waals surface area contributed by atoms with Crippen molar-refractivity contribution in [2.45, 2.75) is 20.8 Å². The van der Waals surface area contributed by atoms with Crippen LogP contribution in [0.3, 0.4) is 0 Å². The summed E-state index contributed by atoms with van der Waals surface area (Å²) in [6.45, 7) is 6.58. The van der Waals surface area contributed by atoms with Crippen molar-refractivity contribution in [1.82, 2.24) is 0 Å². The van der Waals surface area contributed by atoms with Gasteiger partial charge < -0.3 is 0 Å². The van der Waals surface area contributed by atoms with Crippen LogP contribution >= 0.6 is 0 Å². The van der Waals surface area contributed by atoms with Gasteiger partial charge in [0, 0.05) is 0 Å². The van der Waals surface area contributed by atoms with Gasteiger partial charge in [-0.2, -0.15) is 0 Å². The number of aryl methyl sites for hydroxylation is 3. The minimum atomic E-state index is 0.828. The normalized spacial score (nSPS) is 10.3. The van der Waals surface area contributed by atoms with Crippen LogP contribution < -0.4 is 4.40 Å². The van der Waals surface area contributed by atoms with Gasteiger partial charge in [0.05, 0.1) is 0 Å². The van der Waals surface area contributed by atoms with Crippen LogP contribution in [-0.2, 0) is 0 Å². The first-order valence-electron chi connectivity index (χ1n) is 3.65. The molecule has 10 heavy (non-hydrogen) atoms. The Morgan fingerprint density at radius 3 is 1.80 bits per heavy atom. The predicted octanol–water partition coefficient (Wildman–Crippen LogP) is 0.603. The standard InChI is InChI=1S/C9H14Ge/c1-6-4-7(2)9(10)8(3)5-6/h4-5H,1-3,10H3. The molecule has 1 heteroatoms. The maximum atomic E-state index is 2.27. The molecular formula is C9H14Ge. The number of rotatable bonds is 0. The molecule has 0 heterocycles. The number of hydrogen-bond acceptors (Lipinski definition) is 0. The fraction of sp³-hybridized carbons (Fsp3) is 0.333. The van der Waals surface area contributed by atoms with E-state index in [1.54, 1.807) is 4.40 Å². The molecule has 0 saturated heterocycles. The van der Waals surface area contributed by atoms with Crippen molar-refractivity contribution in [3.05, 3.63) is 28.8 Å². The summed E-state index contributed by atoms with van der Waals surface area (Å²) in [4.78, 5) is 0. The second-order valence-corrected chi connectivity index (χ2v) is 5.12. The van der Waals surface area contributed by atoms with Gasteiger partial charge in [0.2, 0.25) is 0 Å². The van der Waals surface area contributed by atoms with Crippen molar-refractivity contribution in [2.24, 2.45) is 0 Å². The zero-order valence-electron chi connectivity index (χ0n) is 7.15. The first-order valence-corrected chi connectivity index (χ1v) is 5.75. The topological polar surface area (TPSA) is 0 Å². The summed E-state index contributed by atoms with van der Waals surface area (Å²) in [6, 6.07) is 4.54. The number of benzene rings is 1. The van der Waals surface area contributed by atoms with Gasteiger partial charge in [-0.15, -0.1) is 0 Å². The first kappa shape index (κ1) is 7.87. The number of hydrogen-bond donors (Lipinski definition) is 0. The molecule has 0 saturated carbocycles. The van der Waals surface area contributed by atoms with Crippen molar-refractivity contribution in [2.75, 3.05) is 0 Å². The molecule has 0 aliphatic carbocycles. The fourth-order valence-corrected chi connectivity index (χ4v) is 1.86. The van der Waals surface area contributed by atoms with Crippen LogP contribution in [0.2, 0.25) is 0 Å². The summed E-state index contributed by atoms with van der Waals surface area (Å²) in [7, 11) is 0. The summed E-state index contributed by atoms with van der Waals surface area (Å²) in [5, 5.41) is 0. The van der Waals surface area contributed by atoms with Crippen molar-refractivity contribution in [1.29, 1.82) is 0 Å². The molecule has 0 atom stereocenters. The third-order valence-electron chi connectivity index (χ3n) is 2.07. The van der Waals surface area contributed by atoms with E-state index in [4.69, 9.17) is 0 Å². The van der Waals surface area contributed by atoms with Crippen LogP contribution in [0.15, 0.2) is 12.1 Å². The van der Waals surface area contributed by atoms with Crippen LogP contribution in [0.25, 0.3) is 0 Å². The average molecular weight is 195 g/mol. The van der Waals surface area contributed by atoms with E-state index in [1.807, 2.05) is 0 Å². The summed E-state index contributed by atoms with van der Waals surface area (Å²) in [5.41, 5.74) is 4.36. The Kier molecular flexibility index (Phi) is 2.19. The molecule has 0 fully saturated rings. The maximum absolute atomic E-state index is 2.27. The van der Waals surface area contributed by atoms with E-state index in [9.17, 15) is 0 Å². The van der Waals surface area contributed by atoms with Crippen molar-refractivity contribution < 1.29 is 0 Å². The summed E-state index contributed by atoms with van der Waals surface area (Å²) in [6.07, 6.45) is 0. The summed E-state index contributed by atoms with van der Waals surface area (Å²) < 4.78 is 1.61. The van der Waals surface area contributed by atoms with E-state index in [0.717, 1.165) is 16.5 Å². The van der Waals surface area contributed by atoms with Gasteiger partial charge in [0.1, 0.15) is 0 Å². The molecule has 54 valence electrons. The molecule has 0 amide bonds. The molecule has 0 bridgehead atoms. The van der Waals surface area contributed by atoms with Gasteiger partial charge in [-0.3, -0.25) is 0 Å². The molecule has 0 unspecified atom stereocenters. The molecule has 0 nitrogen and oxygen atoms in total. The molecule has 1 aromatic carbocycles. The first-order chi connectivity index (χ1) is 4.61. The van der Waals surface area contributed by atoms with E-state index in [-0.39, 0.29) is 0 Å². The van der Waals surface area contributed by atoms with E-state index in [0.29, 0.717) is 0 Å². The van der Waals surface area contributed by atoms with Crippen LogP contribution in [0.1, 0.15) is 16.7 Å². The Morgan fingerprint density at radius 1 is 1.00 bits per heavy atom. The zero-order chi connectivity index (χ0) is 7.72. The monoisotopic (exact) mass is 196 g/mol. The molecule has 1 aromatic rings. The summed E-state index contributed by atoms with van der Waals surface area (Å²) in [5.74, 6) is 0. The fourth-order valence-electron chi connectivity index (χ4n) is 1.25. The molecule has 0 aromatic heterocycles. The van der Waals surface area contributed by atoms with Crippen LogP contribution in [0, 0.1) is 20.8 Å². The average Bonchev–Trinajstić information content (AvgIpc) is 1.82. The zero-order valence-corrected chi connectivity index (χ0v) is 11.4. The molecule has 0 spiro atoms. The van der Waals surface area contributed by atoms with Gasteiger partial charge in [-0.1, -0.05) is 0 Å². The molecule has 1 rings (SSSR count). The Labute approximate surface area is 70.9 Å². The van der Waals surface area contributed by atoms with Crippen LogP contribution in [-0.4, -0.2) is 16.5 Å². The Bertz CT molecular complexity index is 228. The molecule has 0 aliphatic heterocycles. The quantitative estimate of drug-likeness (QED) is 0.531. The SMILES string of the molecule is Cc1cc(C)[c]([GeH3])c(C)c1. The second kappa shape index (κ2) is 2.79. The van der Waals surface area contributed by atoms with Gasteiger partial charge in [-0.25, -0.2) is 0 Å². The summed E-state index contributed by atoms with van der Waals surface area (Å²) >= 11 is 0.828. The van der Waals surface area contributed by atoms with Crippen molar-refractivity contribution in [3.63, 3.8) is 0 Å². The third kappa shape index (κ3) is 1.43. The van der Waals surface area contributed by atoms with Gasteiger partial charge >= 0.3 is 70.5 Å². The van der Waals surface area contributed by atoms with E-state index >= 15 is 0 Å². The Morgan fingerprint density at radius 2 is 1.40 bits per heavy atom. The minimum absolute atomic E-state index is 0.828.